The standard InChI is InChI=1S/C9H21N3/c1-8(2)10-12-6-5-11(4)9(3)7-12/h8-10H,5-7H2,1-4H3/t9-/m1/s1. The molecule has 1 aliphatic heterocycles. The molecule has 1 atom stereocenters. The average Bonchev–Trinajstić information content (AvgIpc) is 1.96. The van der Waals surface area contributed by atoms with E-state index >= 15 is 0 Å². The number of hydrogen-bond donors (Lipinski definition) is 1. The van der Waals surface area contributed by atoms with Crippen LogP contribution in [0.2, 0.25) is 0 Å². The molecule has 12 heavy (non-hydrogen) atoms. The van der Waals surface area contributed by atoms with Crippen LogP contribution in [0, 0.1) is 0 Å². The molecule has 1 N–H and O–H groups in total. The summed E-state index contributed by atoms with van der Waals surface area (Å²) in [5.41, 5.74) is 3.44. The Morgan fingerprint density at radius 1 is 1.33 bits per heavy atom. The van der Waals surface area contributed by atoms with Gasteiger partial charge in [-0.05, 0) is 27.8 Å². The quantitative estimate of drug-likeness (QED) is 0.654. The lowest BCUT2D eigenvalue weighted by atomic mass is 10.2. The van der Waals surface area contributed by atoms with Gasteiger partial charge < -0.3 is 4.90 Å². The van der Waals surface area contributed by atoms with Crippen molar-refractivity contribution in [1.29, 1.82) is 0 Å². The Labute approximate surface area is 75.7 Å². The predicted octanol–water partition coefficient (Wildman–Crippen LogP) is 0.535. The highest BCUT2D eigenvalue weighted by molar-refractivity contribution is 4.74. The topological polar surface area (TPSA) is 18.5 Å². The maximum atomic E-state index is 3.44. The van der Waals surface area contributed by atoms with Gasteiger partial charge in [-0.15, -0.1) is 0 Å². The molecule has 1 heterocycles. The first-order chi connectivity index (χ1) is 5.59. The molecule has 0 aromatic rings. The Morgan fingerprint density at radius 2 is 2.00 bits per heavy atom. The molecule has 1 saturated heterocycles. The molecule has 0 aromatic carbocycles. The summed E-state index contributed by atoms with van der Waals surface area (Å²) >= 11 is 0. The van der Waals surface area contributed by atoms with Gasteiger partial charge >= 0.3 is 0 Å². The van der Waals surface area contributed by atoms with Gasteiger partial charge in [-0.1, -0.05) is 0 Å². The minimum atomic E-state index is 0.556. The number of rotatable bonds is 2. The van der Waals surface area contributed by atoms with Crippen molar-refractivity contribution in [3.8, 4) is 0 Å². The van der Waals surface area contributed by atoms with Gasteiger partial charge in [0.25, 0.3) is 0 Å². The fraction of sp³-hybridized carbons (Fsp3) is 1.00. The fourth-order valence-electron chi connectivity index (χ4n) is 1.53. The molecule has 0 bridgehead atoms. The summed E-state index contributed by atoms with van der Waals surface area (Å²) in [7, 11) is 2.19. The SMILES string of the molecule is CC(C)NN1CCN(C)[C@H](C)C1. The number of hydrogen-bond acceptors (Lipinski definition) is 3. The van der Waals surface area contributed by atoms with Crippen molar-refractivity contribution >= 4 is 0 Å². The first-order valence-corrected chi connectivity index (χ1v) is 4.81. The minimum absolute atomic E-state index is 0.556. The van der Waals surface area contributed by atoms with Crippen molar-refractivity contribution in [3.05, 3.63) is 0 Å². The van der Waals surface area contributed by atoms with Crippen molar-refractivity contribution in [1.82, 2.24) is 15.3 Å². The maximum Gasteiger partial charge on any atom is 0.0285 e. The van der Waals surface area contributed by atoms with Crippen LogP contribution in [0.4, 0.5) is 0 Å². The first kappa shape index (κ1) is 9.96. The highest BCUT2D eigenvalue weighted by Crippen LogP contribution is 2.04. The van der Waals surface area contributed by atoms with Gasteiger partial charge in [0, 0.05) is 31.7 Å². The van der Waals surface area contributed by atoms with Crippen LogP contribution in [-0.2, 0) is 0 Å². The van der Waals surface area contributed by atoms with Crippen LogP contribution in [0.5, 0.6) is 0 Å². The van der Waals surface area contributed by atoms with Gasteiger partial charge in [0.05, 0.1) is 0 Å². The Morgan fingerprint density at radius 3 is 2.50 bits per heavy atom. The summed E-state index contributed by atoms with van der Waals surface area (Å²) in [4.78, 5) is 2.40. The molecule has 1 fully saturated rings. The van der Waals surface area contributed by atoms with Crippen LogP contribution >= 0.6 is 0 Å². The van der Waals surface area contributed by atoms with Gasteiger partial charge in [-0.3, -0.25) is 5.43 Å². The van der Waals surface area contributed by atoms with Gasteiger partial charge in [0.1, 0.15) is 0 Å². The van der Waals surface area contributed by atoms with Crippen molar-refractivity contribution in [3.63, 3.8) is 0 Å². The summed E-state index contributed by atoms with van der Waals surface area (Å²) < 4.78 is 0. The van der Waals surface area contributed by atoms with Gasteiger partial charge in [-0.2, -0.15) is 0 Å². The largest absolute Gasteiger partial charge is 0.301 e. The highest BCUT2D eigenvalue weighted by Gasteiger charge is 2.20. The Balaban J connectivity index is 2.30. The number of nitrogens with one attached hydrogen (secondary N) is 1. The zero-order valence-corrected chi connectivity index (χ0v) is 8.67. The molecule has 0 spiro atoms. The lowest BCUT2D eigenvalue weighted by molar-refractivity contribution is 0.0570. The summed E-state index contributed by atoms with van der Waals surface area (Å²) in [6.45, 7) is 10.1. The molecule has 0 amide bonds. The molecular weight excluding hydrogens is 150 g/mol. The molecule has 72 valence electrons. The lowest BCUT2D eigenvalue weighted by Gasteiger charge is -2.38. The molecule has 0 radical (unpaired) electrons. The summed E-state index contributed by atoms with van der Waals surface area (Å²) in [5, 5.41) is 2.33. The smallest absolute Gasteiger partial charge is 0.0285 e. The predicted molar refractivity (Wildman–Crippen MR) is 51.9 cm³/mol. The van der Waals surface area contributed by atoms with Crippen LogP contribution in [0.1, 0.15) is 20.8 Å². The number of hydrazine groups is 1. The zero-order valence-electron chi connectivity index (χ0n) is 8.67. The molecule has 3 heteroatoms. The Bertz CT molecular complexity index is 136. The third kappa shape index (κ3) is 2.73. The molecule has 0 unspecified atom stereocenters. The third-order valence-electron chi connectivity index (χ3n) is 2.40. The van der Waals surface area contributed by atoms with E-state index in [2.05, 4.69) is 43.2 Å². The first-order valence-electron chi connectivity index (χ1n) is 4.81. The van der Waals surface area contributed by atoms with Crippen molar-refractivity contribution in [2.24, 2.45) is 0 Å². The number of nitrogens with zero attached hydrogens (tertiary/aromatic N) is 2. The molecule has 3 nitrogen and oxygen atoms in total. The molecule has 1 aliphatic rings. The van der Waals surface area contributed by atoms with Crippen LogP contribution in [0.3, 0.4) is 0 Å². The van der Waals surface area contributed by atoms with E-state index in [0.717, 1.165) is 13.1 Å². The molecule has 0 saturated carbocycles. The average molecular weight is 171 g/mol. The van der Waals surface area contributed by atoms with E-state index in [-0.39, 0.29) is 0 Å². The van der Waals surface area contributed by atoms with Crippen molar-refractivity contribution in [2.75, 3.05) is 26.7 Å². The van der Waals surface area contributed by atoms with Crippen molar-refractivity contribution < 1.29 is 0 Å². The summed E-state index contributed by atoms with van der Waals surface area (Å²) in [5.74, 6) is 0. The van der Waals surface area contributed by atoms with Crippen LogP contribution in [0.25, 0.3) is 0 Å². The molecule has 0 aromatic heterocycles. The summed E-state index contributed by atoms with van der Waals surface area (Å²) in [6, 6.07) is 1.23. The van der Waals surface area contributed by atoms with Crippen LogP contribution < -0.4 is 5.43 Å². The van der Waals surface area contributed by atoms with Gasteiger partial charge in [-0.25, -0.2) is 5.01 Å². The fourth-order valence-corrected chi connectivity index (χ4v) is 1.53. The van der Waals surface area contributed by atoms with Crippen LogP contribution in [0.15, 0.2) is 0 Å². The van der Waals surface area contributed by atoms with E-state index in [0.29, 0.717) is 12.1 Å². The molecular formula is C9H21N3. The molecule has 1 rings (SSSR count). The van der Waals surface area contributed by atoms with E-state index in [4.69, 9.17) is 0 Å². The van der Waals surface area contributed by atoms with E-state index in [1.165, 1.54) is 6.54 Å². The Hall–Kier alpha value is -0.120. The van der Waals surface area contributed by atoms with Gasteiger partial charge in [0.2, 0.25) is 0 Å². The summed E-state index contributed by atoms with van der Waals surface area (Å²) in [6.07, 6.45) is 0. The van der Waals surface area contributed by atoms with E-state index in [1.807, 2.05) is 0 Å². The highest BCUT2D eigenvalue weighted by atomic mass is 15.5. The number of piperazine rings is 1. The molecule has 0 aliphatic carbocycles. The van der Waals surface area contributed by atoms with Crippen LogP contribution in [-0.4, -0.2) is 48.7 Å². The second-order valence-electron chi connectivity index (χ2n) is 4.06. The third-order valence-corrected chi connectivity index (χ3v) is 2.40. The monoisotopic (exact) mass is 171 g/mol. The number of likely N-dealkylation sites (N-methyl/N-ethyl adjacent to an activating group) is 1. The zero-order chi connectivity index (χ0) is 9.14. The second kappa shape index (κ2) is 4.21. The second-order valence-corrected chi connectivity index (χ2v) is 4.06. The minimum Gasteiger partial charge on any atom is -0.301 e. The lowest BCUT2D eigenvalue weighted by Crippen LogP contribution is -2.56. The maximum absolute atomic E-state index is 3.44. The van der Waals surface area contributed by atoms with E-state index in [1.54, 1.807) is 0 Å². The van der Waals surface area contributed by atoms with Crippen molar-refractivity contribution in [2.45, 2.75) is 32.9 Å². The normalized spacial score (nSPS) is 28.2. The van der Waals surface area contributed by atoms with Gasteiger partial charge in [0.15, 0.2) is 0 Å². The van der Waals surface area contributed by atoms with E-state index < -0.39 is 0 Å². The van der Waals surface area contributed by atoms with E-state index in [9.17, 15) is 0 Å². The Kier molecular flexibility index (Phi) is 3.50.